The van der Waals surface area contributed by atoms with Crippen LogP contribution in [0.2, 0.25) is 0 Å². The van der Waals surface area contributed by atoms with Gasteiger partial charge in [-0.1, -0.05) is 0 Å². The Labute approximate surface area is 77.4 Å². The summed E-state index contributed by atoms with van der Waals surface area (Å²) in [6, 6.07) is 1.80. The van der Waals surface area contributed by atoms with Crippen LogP contribution in [0.1, 0.15) is 4.88 Å². The molecule has 0 unspecified atom stereocenters. The van der Waals surface area contributed by atoms with Gasteiger partial charge in [0, 0.05) is 9.35 Å². The van der Waals surface area contributed by atoms with Crippen LogP contribution in [-0.2, 0) is 15.8 Å². The molecule has 6 heteroatoms. The molecule has 1 rings (SSSR count). The van der Waals surface area contributed by atoms with E-state index in [4.69, 9.17) is 5.14 Å². The molecule has 3 nitrogen and oxygen atoms in total. The SMILES string of the molecule is NS(=O)(=O)Cc1sccc1Br. The fourth-order valence-electron chi connectivity index (χ4n) is 0.611. The number of primary sulfonamides is 1. The maximum absolute atomic E-state index is 10.6. The van der Waals surface area contributed by atoms with E-state index in [0.29, 0.717) is 0 Å². The lowest BCUT2D eigenvalue weighted by Crippen LogP contribution is -2.13. The Morgan fingerprint density at radius 1 is 1.64 bits per heavy atom. The van der Waals surface area contributed by atoms with Gasteiger partial charge in [-0.15, -0.1) is 11.3 Å². The second-order valence-electron chi connectivity index (χ2n) is 2.00. The third kappa shape index (κ3) is 2.90. The first-order valence-electron chi connectivity index (χ1n) is 2.71. The minimum atomic E-state index is -3.39. The van der Waals surface area contributed by atoms with E-state index in [2.05, 4.69) is 15.9 Å². The lowest BCUT2D eigenvalue weighted by Gasteiger charge is -1.94. The number of halogens is 1. The van der Waals surface area contributed by atoms with E-state index in [9.17, 15) is 8.42 Å². The molecule has 1 aromatic rings. The van der Waals surface area contributed by atoms with Gasteiger partial charge in [0.05, 0.1) is 5.75 Å². The molecule has 11 heavy (non-hydrogen) atoms. The highest BCUT2D eigenvalue weighted by molar-refractivity contribution is 9.10. The highest BCUT2D eigenvalue weighted by atomic mass is 79.9. The molecule has 0 aromatic carbocycles. The zero-order valence-corrected chi connectivity index (χ0v) is 8.67. The maximum Gasteiger partial charge on any atom is 0.214 e. The third-order valence-electron chi connectivity index (χ3n) is 1.02. The summed E-state index contributed by atoms with van der Waals surface area (Å²) in [5, 5.41) is 6.66. The Bertz CT molecular complexity index is 343. The van der Waals surface area contributed by atoms with Gasteiger partial charge in [0.15, 0.2) is 0 Å². The molecule has 0 bridgehead atoms. The number of nitrogens with two attached hydrogens (primary N) is 1. The van der Waals surface area contributed by atoms with Crippen molar-refractivity contribution in [1.29, 1.82) is 0 Å². The highest BCUT2D eigenvalue weighted by Crippen LogP contribution is 2.23. The van der Waals surface area contributed by atoms with E-state index < -0.39 is 10.0 Å². The average Bonchev–Trinajstić information content (AvgIpc) is 2.12. The minimum Gasteiger partial charge on any atom is -0.228 e. The zero-order chi connectivity index (χ0) is 8.48. The predicted molar refractivity (Wildman–Crippen MR) is 48.8 cm³/mol. The molecular formula is C5H6BrNO2S2. The number of hydrogen-bond acceptors (Lipinski definition) is 3. The minimum absolute atomic E-state index is 0.0920. The zero-order valence-electron chi connectivity index (χ0n) is 5.45. The van der Waals surface area contributed by atoms with Crippen LogP contribution in [0.3, 0.4) is 0 Å². The van der Waals surface area contributed by atoms with Crippen LogP contribution in [0, 0.1) is 0 Å². The Hall–Kier alpha value is 0.0900. The van der Waals surface area contributed by atoms with Gasteiger partial charge in [-0.2, -0.15) is 0 Å². The van der Waals surface area contributed by atoms with Gasteiger partial charge in [-0.25, -0.2) is 13.6 Å². The molecule has 0 amide bonds. The summed E-state index contributed by atoms with van der Waals surface area (Å²) in [6.45, 7) is 0. The monoisotopic (exact) mass is 255 g/mol. The first-order valence-corrected chi connectivity index (χ1v) is 6.10. The van der Waals surface area contributed by atoms with Gasteiger partial charge in [-0.05, 0) is 27.4 Å². The molecule has 1 aromatic heterocycles. The molecule has 0 aliphatic heterocycles. The van der Waals surface area contributed by atoms with Crippen LogP contribution in [0.5, 0.6) is 0 Å². The van der Waals surface area contributed by atoms with Crippen molar-refractivity contribution in [3.05, 3.63) is 20.8 Å². The Balaban J connectivity index is 2.89. The largest absolute Gasteiger partial charge is 0.228 e. The van der Waals surface area contributed by atoms with Gasteiger partial charge in [0.2, 0.25) is 10.0 Å². The third-order valence-corrected chi connectivity index (χ3v) is 3.82. The maximum atomic E-state index is 10.6. The summed E-state index contributed by atoms with van der Waals surface area (Å²) in [7, 11) is -3.39. The van der Waals surface area contributed by atoms with Crippen molar-refractivity contribution < 1.29 is 8.42 Å². The van der Waals surface area contributed by atoms with Gasteiger partial charge in [0.1, 0.15) is 0 Å². The lowest BCUT2D eigenvalue weighted by molar-refractivity contribution is 0.597. The number of thiophene rings is 1. The normalized spacial score (nSPS) is 11.8. The van der Waals surface area contributed by atoms with Crippen molar-refractivity contribution in [1.82, 2.24) is 0 Å². The van der Waals surface area contributed by atoms with Crippen LogP contribution in [0.4, 0.5) is 0 Å². The molecule has 0 spiro atoms. The summed E-state index contributed by atoms with van der Waals surface area (Å²) in [5.74, 6) is -0.0920. The topological polar surface area (TPSA) is 60.2 Å². The van der Waals surface area contributed by atoms with E-state index in [1.807, 2.05) is 5.38 Å². The van der Waals surface area contributed by atoms with Crippen LogP contribution >= 0.6 is 27.3 Å². The van der Waals surface area contributed by atoms with Gasteiger partial charge in [-0.3, -0.25) is 0 Å². The Morgan fingerprint density at radius 2 is 2.27 bits per heavy atom. The fraction of sp³-hybridized carbons (Fsp3) is 0.200. The average molecular weight is 256 g/mol. The molecule has 0 radical (unpaired) electrons. The highest BCUT2D eigenvalue weighted by Gasteiger charge is 2.08. The second-order valence-corrected chi connectivity index (χ2v) is 5.47. The second kappa shape index (κ2) is 3.22. The smallest absolute Gasteiger partial charge is 0.214 e. The molecule has 0 fully saturated rings. The van der Waals surface area contributed by atoms with E-state index >= 15 is 0 Å². The molecule has 0 saturated carbocycles. The summed E-state index contributed by atoms with van der Waals surface area (Å²) >= 11 is 4.58. The molecule has 2 N–H and O–H groups in total. The van der Waals surface area contributed by atoms with Crippen molar-refractivity contribution in [2.75, 3.05) is 0 Å². The summed E-state index contributed by atoms with van der Waals surface area (Å²) in [4.78, 5) is 0.743. The predicted octanol–water partition coefficient (Wildman–Crippen LogP) is 1.30. The van der Waals surface area contributed by atoms with Crippen molar-refractivity contribution in [3.8, 4) is 0 Å². The summed E-state index contributed by atoms with van der Waals surface area (Å²) < 4.78 is 22.0. The molecule has 62 valence electrons. The van der Waals surface area contributed by atoms with Crippen LogP contribution in [0.25, 0.3) is 0 Å². The van der Waals surface area contributed by atoms with Crippen LogP contribution < -0.4 is 5.14 Å². The molecule has 0 atom stereocenters. The summed E-state index contributed by atoms with van der Waals surface area (Å²) in [5.41, 5.74) is 0. The molecule has 1 heterocycles. The number of sulfonamides is 1. The summed E-state index contributed by atoms with van der Waals surface area (Å²) in [6.07, 6.45) is 0. The van der Waals surface area contributed by atoms with E-state index in [0.717, 1.165) is 9.35 Å². The molecule has 0 aliphatic rings. The quantitative estimate of drug-likeness (QED) is 0.866. The molecular weight excluding hydrogens is 250 g/mol. The van der Waals surface area contributed by atoms with Crippen molar-refractivity contribution in [2.24, 2.45) is 5.14 Å². The van der Waals surface area contributed by atoms with Crippen molar-refractivity contribution in [3.63, 3.8) is 0 Å². The molecule has 0 aliphatic carbocycles. The van der Waals surface area contributed by atoms with E-state index in [-0.39, 0.29) is 5.75 Å². The fourth-order valence-corrected chi connectivity index (χ4v) is 3.36. The van der Waals surface area contributed by atoms with Gasteiger partial charge >= 0.3 is 0 Å². The molecule has 0 saturated heterocycles. The first-order chi connectivity index (χ1) is 4.99. The van der Waals surface area contributed by atoms with Crippen molar-refractivity contribution in [2.45, 2.75) is 5.75 Å². The lowest BCUT2D eigenvalue weighted by atomic mass is 10.5. The van der Waals surface area contributed by atoms with Crippen LogP contribution in [0.15, 0.2) is 15.9 Å². The van der Waals surface area contributed by atoms with Gasteiger partial charge in [0.25, 0.3) is 0 Å². The van der Waals surface area contributed by atoms with E-state index in [1.165, 1.54) is 11.3 Å². The van der Waals surface area contributed by atoms with Crippen molar-refractivity contribution >= 4 is 37.3 Å². The number of rotatable bonds is 2. The van der Waals surface area contributed by atoms with E-state index in [1.54, 1.807) is 6.07 Å². The Kier molecular flexibility index (Phi) is 2.69. The van der Waals surface area contributed by atoms with Gasteiger partial charge < -0.3 is 0 Å². The number of hydrogen-bond donors (Lipinski definition) is 1. The standard InChI is InChI=1S/C5H6BrNO2S2/c6-4-1-2-10-5(4)3-11(7,8)9/h1-2H,3H2,(H2,7,8,9). The van der Waals surface area contributed by atoms with Crippen LogP contribution in [-0.4, -0.2) is 8.42 Å². The Morgan fingerprint density at radius 3 is 2.64 bits per heavy atom. The first kappa shape index (κ1) is 9.18.